The largest absolute Gasteiger partial charge is 0.351 e. The summed E-state index contributed by atoms with van der Waals surface area (Å²) in [5.41, 5.74) is 4.44. The lowest BCUT2D eigenvalue weighted by atomic mass is 10.1. The summed E-state index contributed by atoms with van der Waals surface area (Å²) in [6.07, 6.45) is 6.17. The molecule has 0 saturated heterocycles. The Bertz CT molecular complexity index is 670. The number of rotatable bonds is 7. The summed E-state index contributed by atoms with van der Waals surface area (Å²) in [5, 5.41) is 12.0. The van der Waals surface area contributed by atoms with Gasteiger partial charge < -0.3 is 9.80 Å². The standard InChI is InChI=1S/C16H25ClN6/c1-4-10-22-13-11-14-18-19-20-23(14)12(2)16(13)21(3)15(22)8-6-5-7-9-17/h11,15H,4-10H2,1-3H3. The first-order valence-corrected chi connectivity index (χ1v) is 8.99. The molecule has 6 nitrogen and oxygen atoms in total. The molecule has 2 aromatic rings. The SMILES string of the molecule is CCCN1c2cc3nnnn3c(C)c2N(C)C1CCCCCCl. The van der Waals surface area contributed by atoms with E-state index in [-0.39, 0.29) is 0 Å². The first-order chi connectivity index (χ1) is 11.2. The summed E-state index contributed by atoms with van der Waals surface area (Å²) >= 11 is 5.80. The number of unbranched alkanes of at least 4 members (excludes halogenated alkanes) is 2. The average Bonchev–Trinajstić information content (AvgIpc) is 3.10. The van der Waals surface area contributed by atoms with Gasteiger partial charge in [-0.15, -0.1) is 16.7 Å². The monoisotopic (exact) mass is 336 g/mol. The fourth-order valence-corrected chi connectivity index (χ4v) is 3.82. The van der Waals surface area contributed by atoms with Crippen LogP contribution < -0.4 is 9.80 Å². The average molecular weight is 337 g/mol. The number of fused-ring (bicyclic) bond motifs is 2. The van der Waals surface area contributed by atoms with Crippen LogP contribution in [-0.4, -0.2) is 45.7 Å². The molecule has 23 heavy (non-hydrogen) atoms. The summed E-state index contributed by atoms with van der Waals surface area (Å²) in [5.74, 6) is 0.758. The van der Waals surface area contributed by atoms with Crippen molar-refractivity contribution in [2.75, 3.05) is 29.3 Å². The van der Waals surface area contributed by atoms with E-state index in [0.29, 0.717) is 6.17 Å². The second kappa shape index (κ2) is 6.91. The Morgan fingerprint density at radius 3 is 2.83 bits per heavy atom. The molecule has 0 radical (unpaired) electrons. The van der Waals surface area contributed by atoms with E-state index in [0.717, 1.165) is 43.0 Å². The van der Waals surface area contributed by atoms with E-state index in [1.807, 2.05) is 4.52 Å². The molecular weight excluding hydrogens is 312 g/mol. The van der Waals surface area contributed by atoms with Crippen molar-refractivity contribution < 1.29 is 0 Å². The van der Waals surface area contributed by atoms with Gasteiger partial charge in [0.15, 0.2) is 5.65 Å². The van der Waals surface area contributed by atoms with Crippen LogP contribution in [0.25, 0.3) is 5.65 Å². The van der Waals surface area contributed by atoms with E-state index < -0.39 is 0 Å². The summed E-state index contributed by atoms with van der Waals surface area (Å²) in [6, 6.07) is 2.12. The lowest BCUT2D eigenvalue weighted by Gasteiger charge is -2.30. The van der Waals surface area contributed by atoms with Crippen LogP contribution in [0.15, 0.2) is 6.07 Å². The van der Waals surface area contributed by atoms with Crippen LogP contribution in [0.1, 0.15) is 44.7 Å². The minimum Gasteiger partial charge on any atom is -0.351 e. The van der Waals surface area contributed by atoms with Gasteiger partial charge in [0.1, 0.15) is 6.17 Å². The second-order valence-corrected chi connectivity index (χ2v) is 6.61. The Morgan fingerprint density at radius 2 is 2.09 bits per heavy atom. The summed E-state index contributed by atoms with van der Waals surface area (Å²) in [4.78, 5) is 4.90. The molecule has 0 aliphatic carbocycles. The molecule has 1 aliphatic heterocycles. The highest BCUT2D eigenvalue weighted by atomic mass is 35.5. The molecule has 0 saturated carbocycles. The molecule has 0 aromatic carbocycles. The van der Waals surface area contributed by atoms with Gasteiger partial charge in [-0.2, -0.15) is 4.52 Å². The van der Waals surface area contributed by atoms with Gasteiger partial charge in [-0.25, -0.2) is 0 Å². The zero-order chi connectivity index (χ0) is 16.4. The number of nitrogens with zero attached hydrogens (tertiary/aromatic N) is 6. The smallest absolute Gasteiger partial charge is 0.181 e. The number of aromatic nitrogens is 4. The lowest BCUT2D eigenvalue weighted by molar-refractivity contribution is 0.526. The third-order valence-electron chi connectivity index (χ3n) is 4.69. The van der Waals surface area contributed by atoms with Crippen molar-refractivity contribution in [1.82, 2.24) is 20.0 Å². The zero-order valence-corrected chi connectivity index (χ0v) is 14.9. The lowest BCUT2D eigenvalue weighted by Crippen LogP contribution is -2.41. The number of anilines is 2. The Kier molecular flexibility index (Phi) is 4.90. The normalized spacial score (nSPS) is 17.3. The van der Waals surface area contributed by atoms with E-state index in [9.17, 15) is 0 Å². The zero-order valence-electron chi connectivity index (χ0n) is 14.2. The van der Waals surface area contributed by atoms with Gasteiger partial charge in [-0.1, -0.05) is 13.3 Å². The Balaban J connectivity index is 1.92. The molecule has 0 amide bonds. The molecular formula is C16H25ClN6. The molecule has 2 aromatic heterocycles. The number of tetrazole rings is 1. The van der Waals surface area contributed by atoms with E-state index in [4.69, 9.17) is 11.6 Å². The predicted molar refractivity (Wildman–Crippen MR) is 94.5 cm³/mol. The Morgan fingerprint density at radius 1 is 1.26 bits per heavy atom. The third kappa shape index (κ3) is 2.84. The first-order valence-electron chi connectivity index (χ1n) is 8.46. The fourth-order valence-electron chi connectivity index (χ4n) is 3.63. The molecule has 7 heteroatoms. The highest BCUT2D eigenvalue weighted by Crippen LogP contribution is 2.42. The van der Waals surface area contributed by atoms with Crippen molar-refractivity contribution in [1.29, 1.82) is 0 Å². The number of pyridine rings is 1. The van der Waals surface area contributed by atoms with Gasteiger partial charge in [-0.05, 0) is 43.0 Å². The molecule has 1 atom stereocenters. The maximum atomic E-state index is 5.80. The third-order valence-corrected chi connectivity index (χ3v) is 4.96. The molecule has 3 heterocycles. The maximum absolute atomic E-state index is 5.80. The number of halogens is 1. The molecule has 1 unspecified atom stereocenters. The molecule has 1 aliphatic rings. The fraction of sp³-hybridized carbons (Fsp3) is 0.688. The summed E-state index contributed by atoms with van der Waals surface area (Å²) in [7, 11) is 2.18. The quantitative estimate of drug-likeness (QED) is 0.574. The Hall–Kier alpha value is -1.56. The number of hydrogen-bond donors (Lipinski definition) is 0. The van der Waals surface area contributed by atoms with Gasteiger partial charge in [0.05, 0.1) is 17.1 Å². The number of aryl methyl sites for hydroxylation is 1. The molecule has 0 spiro atoms. The first kappa shape index (κ1) is 16.3. The topological polar surface area (TPSA) is 49.6 Å². The van der Waals surface area contributed by atoms with E-state index in [1.54, 1.807) is 0 Å². The van der Waals surface area contributed by atoms with E-state index in [2.05, 4.69) is 52.3 Å². The summed E-state index contributed by atoms with van der Waals surface area (Å²) < 4.78 is 1.83. The number of alkyl halides is 1. The van der Waals surface area contributed by atoms with Crippen molar-refractivity contribution in [2.24, 2.45) is 0 Å². The van der Waals surface area contributed by atoms with Crippen LogP contribution in [0.5, 0.6) is 0 Å². The van der Waals surface area contributed by atoms with E-state index in [1.165, 1.54) is 24.2 Å². The van der Waals surface area contributed by atoms with Crippen LogP contribution in [0.3, 0.4) is 0 Å². The minimum absolute atomic E-state index is 0.402. The molecule has 0 fully saturated rings. The number of hydrogen-bond acceptors (Lipinski definition) is 5. The van der Waals surface area contributed by atoms with Crippen LogP contribution >= 0.6 is 11.6 Å². The van der Waals surface area contributed by atoms with Crippen LogP contribution in [-0.2, 0) is 0 Å². The highest BCUT2D eigenvalue weighted by molar-refractivity contribution is 6.17. The molecule has 126 valence electrons. The van der Waals surface area contributed by atoms with Crippen LogP contribution in [0.4, 0.5) is 11.4 Å². The molecule has 0 bridgehead atoms. The van der Waals surface area contributed by atoms with Crippen molar-refractivity contribution in [2.45, 2.75) is 52.1 Å². The predicted octanol–water partition coefficient (Wildman–Crippen LogP) is 3.22. The molecule has 3 rings (SSSR count). The van der Waals surface area contributed by atoms with Crippen molar-refractivity contribution in [3.05, 3.63) is 11.8 Å². The van der Waals surface area contributed by atoms with Crippen molar-refractivity contribution >= 4 is 28.6 Å². The van der Waals surface area contributed by atoms with Gasteiger partial charge in [0.25, 0.3) is 0 Å². The molecule has 0 N–H and O–H groups in total. The van der Waals surface area contributed by atoms with Gasteiger partial charge in [-0.3, -0.25) is 0 Å². The van der Waals surface area contributed by atoms with Crippen LogP contribution in [0.2, 0.25) is 0 Å². The maximum Gasteiger partial charge on any atom is 0.181 e. The van der Waals surface area contributed by atoms with E-state index >= 15 is 0 Å². The van der Waals surface area contributed by atoms with Gasteiger partial charge in [0.2, 0.25) is 0 Å². The summed E-state index contributed by atoms with van der Waals surface area (Å²) in [6.45, 7) is 5.37. The van der Waals surface area contributed by atoms with Gasteiger partial charge in [0, 0.05) is 25.5 Å². The minimum atomic E-state index is 0.402. The highest BCUT2D eigenvalue weighted by Gasteiger charge is 2.35. The van der Waals surface area contributed by atoms with Gasteiger partial charge >= 0.3 is 0 Å². The van der Waals surface area contributed by atoms with Crippen molar-refractivity contribution in [3.8, 4) is 0 Å². The second-order valence-electron chi connectivity index (χ2n) is 6.24. The van der Waals surface area contributed by atoms with Crippen molar-refractivity contribution in [3.63, 3.8) is 0 Å². The Labute approximate surface area is 142 Å². The van der Waals surface area contributed by atoms with Crippen LogP contribution in [0, 0.1) is 6.92 Å².